The number of azo groups is 1. The minimum Gasteiger partial charge on any atom is -0.274 e. The molecule has 1 heterocycles. The zero-order chi connectivity index (χ0) is 9.14. The van der Waals surface area contributed by atoms with Gasteiger partial charge in [0.25, 0.3) is 0 Å². The van der Waals surface area contributed by atoms with Gasteiger partial charge in [-0.3, -0.25) is 10.2 Å². The molecule has 6 heteroatoms. The normalized spacial score (nSPS) is 22.7. The van der Waals surface area contributed by atoms with Crippen LogP contribution < -0.4 is 5.43 Å². The second-order valence-electron chi connectivity index (χ2n) is 2.63. The summed E-state index contributed by atoms with van der Waals surface area (Å²) in [5.41, 5.74) is 2.35. The van der Waals surface area contributed by atoms with Crippen LogP contribution in [-0.4, -0.2) is 29.5 Å². The van der Waals surface area contributed by atoms with Crippen LogP contribution in [0.25, 0.3) is 0 Å². The molecular formula is C6H10N4O2. The molecule has 6 nitrogen and oxygen atoms in total. The van der Waals surface area contributed by atoms with E-state index in [1.807, 2.05) is 6.92 Å². The van der Waals surface area contributed by atoms with Crippen molar-refractivity contribution in [3.8, 4) is 0 Å². The molecule has 0 fully saturated rings. The molecule has 0 aromatic carbocycles. The molecule has 0 radical (unpaired) electrons. The molecule has 0 aromatic rings. The number of hydrogen-bond donors (Lipinski definition) is 1. The van der Waals surface area contributed by atoms with Crippen LogP contribution in [0.1, 0.15) is 13.8 Å². The number of hydrazine groups is 1. The van der Waals surface area contributed by atoms with Crippen molar-refractivity contribution in [3.05, 3.63) is 0 Å². The lowest BCUT2D eigenvalue weighted by molar-refractivity contribution is -0.122. The van der Waals surface area contributed by atoms with Crippen LogP contribution in [0.3, 0.4) is 0 Å². The number of carbonyl (C=O) groups is 2. The maximum Gasteiger partial charge on any atom is 0.380 e. The largest absolute Gasteiger partial charge is 0.380 e. The van der Waals surface area contributed by atoms with Crippen LogP contribution >= 0.6 is 0 Å². The molecule has 1 atom stereocenters. The zero-order valence-electron chi connectivity index (χ0n) is 6.94. The highest BCUT2D eigenvalue weighted by molar-refractivity contribution is 5.80. The van der Waals surface area contributed by atoms with E-state index in [1.165, 1.54) is 6.92 Å². The summed E-state index contributed by atoms with van der Waals surface area (Å²) in [5, 5.41) is 8.15. The van der Waals surface area contributed by atoms with Gasteiger partial charge < -0.3 is 0 Å². The van der Waals surface area contributed by atoms with E-state index < -0.39 is 6.03 Å². The van der Waals surface area contributed by atoms with E-state index in [2.05, 4.69) is 15.7 Å². The summed E-state index contributed by atoms with van der Waals surface area (Å²) in [6, 6.07) is -0.585. The number of rotatable bonds is 1. The van der Waals surface area contributed by atoms with Crippen LogP contribution in [0, 0.1) is 0 Å². The second-order valence-corrected chi connectivity index (χ2v) is 2.63. The Labute approximate surface area is 69.6 Å². The van der Waals surface area contributed by atoms with Crippen LogP contribution in [0.2, 0.25) is 0 Å². The number of nitrogens with one attached hydrogen (secondary N) is 1. The first-order valence-corrected chi connectivity index (χ1v) is 3.59. The standard InChI is InChI=1S/C6H10N4O2/c1-4-3-10(9-5(2)11)6(12)8-7-4/h4H,3H2,1-2H3,(H,9,11). The molecule has 1 aliphatic rings. The Balaban J connectivity index is 2.60. The van der Waals surface area contributed by atoms with Gasteiger partial charge in [-0.15, -0.1) is 0 Å². The summed E-state index contributed by atoms with van der Waals surface area (Å²) >= 11 is 0. The van der Waals surface area contributed by atoms with E-state index in [1.54, 1.807) is 0 Å². The number of urea groups is 1. The first kappa shape index (κ1) is 8.63. The van der Waals surface area contributed by atoms with Crippen molar-refractivity contribution in [1.82, 2.24) is 10.4 Å². The van der Waals surface area contributed by atoms with Gasteiger partial charge in [0.2, 0.25) is 5.91 Å². The maximum absolute atomic E-state index is 10.9. The van der Waals surface area contributed by atoms with Gasteiger partial charge in [0.15, 0.2) is 0 Å². The lowest BCUT2D eigenvalue weighted by atomic mass is 10.3. The van der Waals surface area contributed by atoms with Crippen LogP contribution in [-0.2, 0) is 4.79 Å². The summed E-state index contributed by atoms with van der Waals surface area (Å²) in [6.07, 6.45) is 0. The highest BCUT2D eigenvalue weighted by Gasteiger charge is 2.21. The summed E-state index contributed by atoms with van der Waals surface area (Å²) < 4.78 is 0. The van der Waals surface area contributed by atoms with E-state index in [4.69, 9.17) is 0 Å². The third kappa shape index (κ3) is 2.01. The molecule has 1 aliphatic heterocycles. The second kappa shape index (κ2) is 3.29. The molecule has 1 N–H and O–H groups in total. The third-order valence-electron chi connectivity index (χ3n) is 1.31. The van der Waals surface area contributed by atoms with E-state index in [-0.39, 0.29) is 11.9 Å². The Hall–Kier alpha value is -1.46. The number of amides is 3. The van der Waals surface area contributed by atoms with Crippen molar-refractivity contribution in [1.29, 1.82) is 0 Å². The van der Waals surface area contributed by atoms with Crippen LogP contribution in [0.4, 0.5) is 4.79 Å². The van der Waals surface area contributed by atoms with Crippen molar-refractivity contribution in [2.24, 2.45) is 10.2 Å². The maximum atomic E-state index is 10.9. The molecule has 3 amide bonds. The van der Waals surface area contributed by atoms with E-state index in [9.17, 15) is 9.59 Å². The Morgan fingerprint density at radius 1 is 1.75 bits per heavy atom. The molecule has 0 spiro atoms. The molecule has 66 valence electrons. The smallest absolute Gasteiger partial charge is 0.274 e. The van der Waals surface area contributed by atoms with Gasteiger partial charge in [0, 0.05) is 6.92 Å². The summed E-state index contributed by atoms with van der Waals surface area (Å²) in [4.78, 5) is 21.5. The summed E-state index contributed by atoms with van der Waals surface area (Å²) in [7, 11) is 0. The van der Waals surface area contributed by atoms with Crippen molar-refractivity contribution in [2.75, 3.05) is 6.54 Å². The highest BCUT2D eigenvalue weighted by atomic mass is 16.2. The molecule has 0 saturated carbocycles. The van der Waals surface area contributed by atoms with Gasteiger partial charge in [0.1, 0.15) is 0 Å². The fourth-order valence-electron chi connectivity index (χ4n) is 0.864. The quantitative estimate of drug-likeness (QED) is 0.615. The Morgan fingerprint density at radius 3 is 3.00 bits per heavy atom. The SMILES string of the molecule is CC(=O)NN1CC(C)N=NC1=O. The summed E-state index contributed by atoms with van der Waals surface area (Å²) in [6.45, 7) is 3.52. The Morgan fingerprint density at radius 2 is 2.42 bits per heavy atom. The van der Waals surface area contributed by atoms with Gasteiger partial charge in [-0.25, -0.2) is 9.80 Å². The lowest BCUT2D eigenvalue weighted by Gasteiger charge is -2.24. The van der Waals surface area contributed by atoms with Crippen molar-refractivity contribution >= 4 is 11.9 Å². The van der Waals surface area contributed by atoms with Crippen LogP contribution in [0.15, 0.2) is 10.2 Å². The van der Waals surface area contributed by atoms with Gasteiger partial charge in [-0.1, -0.05) is 5.11 Å². The summed E-state index contributed by atoms with van der Waals surface area (Å²) in [5.74, 6) is -0.285. The van der Waals surface area contributed by atoms with Crippen molar-refractivity contribution in [2.45, 2.75) is 19.9 Å². The first-order chi connectivity index (χ1) is 5.59. The molecule has 0 aliphatic carbocycles. The number of hydrogen-bond acceptors (Lipinski definition) is 3. The van der Waals surface area contributed by atoms with Gasteiger partial charge in [-0.05, 0) is 6.92 Å². The monoisotopic (exact) mass is 170 g/mol. The molecule has 0 aromatic heterocycles. The highest BCUT2D eigenvalue weighted by Crippen LogP contribution is 2.04. The average Bonchev–Trinajstić information content (AvgIpc) is 1.96. The molecule has 1 rings (SSSR count). The first-order valence-electron chi connectivity index (χ1n) is 3.59. The average molecular weight is 170 g/mol. The zero-order valence-corrected chi connectivity index (χ0v) is 6.94. The van der Waals surface area contributed by atoms with E-state index in [0.717, 1.165) is 5.01 Å². The fraction of sp³-hybridized carbons (Fsp3) is 0.667. The molecular weight excluding hydrogens is 160 g/mol. The molecule has 12 heavy (non-hydrogen) atoms. The lowest BCUT2D eigenvalue weighted by Crippen LogP contribution is -2.48. The van der Waals surface area contributed by atoms with E-state index >= 15 is 0 Å². The minimum atomic E-state index is -0.525. The molecule has 0 saturated heterocycles. The van der Waals surface area contributed by atoms with Crippen molar-refractivity contribution < 1.29 is 9.59 Å². The van der Waals surface area contributed by atoms with Gasteiger partial charge in [-0.2, -0.15) is 5.11 Å². The van der Waals surface area contributed by atoms with Gasteiger partial charge >= 0.3 is 6.03 Å². The van der Waals surface area contributed by atoms with E-state index in [0.29, 0.717) is 6.54 Å². The third-order valence-corrected chi connectivity index (χ3v) is 1.31. The number of nitrogens with zero attached hydrogens (tertiary/aromatic N) is 3. The van der Waals surface area contributed by atoms with Gasteiger partial charge in [0.05, 0.1) is 12.6 Å². The molecule has 0 bridgehead atoms. The minimum absolute atomic E-state index is 0.0606. The molecule has 1 unspecified atom stereocenters. The predicted molar refractivity (Wildman–Crippen MR) is 40.2 cm³/mol. The Bertz CT molecular complexity index is 238. The van der Waals surface area contributed by atoms with Crippen LogP contribution in [0.5, 0.6) is 0 Å². The number of carbonyl (C=O) groups excluding carboxylic acids is 2. The fourth-order valence-corrected chi connectivity index (χ4v) is 0.864. The Kier molecular flexibility index (Phi) is 2.37. The predicted octanol–water partition coefficient (Wildman–Crippen LogP) is 0.314. The topological polar surface area (TPSA) is 74.1 Å². The van der Waals surface area contributed by atoms with Crippen molar-refractivity contribution in [3.63, 3.8) is 0 Å².